The Bertz CT molecular complexity index is 488. The molecule has 0 aromatic carbocycles. The van der Waals surface area contributed by atoms with Gasteiger partial charge in [-0.05, 0) is 6.42 Å². The second-order valence-electron chi connectivity index (χ2n) is 4.28. The molecule has 0 saturated carbocycles. The van der Waals surface area contributed by atoms with E-state index >= 15 is 0 Å². The third-order valence-corrected chi connectivity index (χ3v) is 4.34. The van der Waals surface area contributed by atoms with Crippen molar-refractivity contribution >= 4 is 27.7 Å². The molecular formula is C9H15N3O6S. The zero-order valence-electron chi connectivity index (χ0n) is 9.96. The van der Waals surface area contributed by atoms with Crippen molar-refractivity contribution in [2.45, 2.75) is 24.9 Å². The molecule has 108 valence electrons. The predicted molar refractivity (Wildman–Crippen MR) is 64.0 cm³/mol. The maximum Gasteiger partial charge on any atom is 0.326 e. The molecule has 10 heteroatoms. The van der Waals surface area contributed by atoms with Crippen LogP contribution in [-0.2, 0) is 19.4 Å². The van der Waals surface area contributed by atoms with Gasteiger partial charge in [0.1, 0.15) is 6.04 Å². The summed E-state index contributed by atoms with van der Waals surface area (Å²) in [7, 11) is -3.14. The lowest BCUT2D eigenvalue weighted by Gasteiger charge is -2.16. The molecular weight excluding hydrogens is 278 g/mol. The fourth-order valence-corrected chi connectivity index (χ4v) is 3.37. The summed E-state index contributed by atoms with van der Waals surface area (Å²) in [6, 6.07) is -2.82. The summed E-state index contributed by atoms with van der Waals surface area (Å²) in [4.78, 5) is 32.9. The van der Waals surface area contributed by atoms with Crippen molar-refractivity contribution in [2.24, 2.45) is 5.73 Å². The van der Waals surface area contributed by atoms with Crippen molar-refractivity contribution in [1.82, 2.24) is 10.6 Å². The van der Waals surface area contributed by atoms with E-state index in [1.54, 1.807) is 0 Å². The van der Waals surface area contributed by atoms with Gasteiger partial charge in [0, 0.05) is 6.04 Å². The standard InChI is InChI=1S/C9H15N3O6S/c10-7(13)3-6(8(14)15)12-9(16)11-5-1-2-19(17,18)4-5/h5-6H,1-4H2,(H2,10,13)(H,14,15)(H2,11,12,16). The quantitative estimate of drug-likeness (QED) is 0.450. The van der Waals surface area contributed by atoms with E-state index in [4.69, 9.17) is 10.8 Å². The molecule has 3 amide bonds. The number of hydrogen-bond donors (Lipinski definition) is 4. The summed E-state index contributed by atoms with van der Waals surface area (Å²) in [5, 5.41) is 13.2. The smallest absolute Gasteiger partial charge is 0.326 e. The van der Waals surface area contributed by atoms with Crippen molar-refractivity contribution in [3.05, 3.63) is 0 Å². The van der Waals surface area contributed by atoms with Crippen molar-refractivity contribution < 1.29 is 27.9 Å². The minimum Gasteiger partial charge on any atom is -0.480 e. The Morgan fingerprint density at radius 3 is 2.42 bits per heavy atom. The Kier molecular flexibility index (Phi) is 4.70. The second kappa shape index (κ2) is 5.87. The Morgan fingerprint density at radius 1 is 1.37 bits per heavy atom. The lowest BCUT2D eigenvalue weighted by Crippen LogP contribution is -2.50. The molecule has 0 aromatic heterocycles. The van der Waals surface area contributed by atoms with E-state index in [-0.39, 0.29) is 17.9 Å². The first-order chi connectivity index (χ1) is 8.69. The summed E-state index contributed by atoms with van der Waals surface area (Å²) in [6.45, 7) is 0. The van der Waals surface area contributed by atoms with Gasteiger partial charge in [0.25, 0.3) is 0 Å². The largest absolute Gasteiger partial charge is 0.480 e. The number of primary amides is 1. The Labute approximate surface area is 109 Å². The van der Waals surface area contributed by atoms with E-state index in [0.717, 1.165) is 0 Å². The van der Waals surface area contributed by atoms with Gasteiger partial charge >= 0.3 is 12.0 Å². The molecule has 1 rings (SSSR count). The van der Waals surface area contributed by atoms with Crippen LogP contribution in [0.25, 0.3) is 0 Å². The van der Waals surface area contributed by atoms with Gasteiger partial charge in [0.05, 0.1) is 17.9 Å². The summed E-state index contributed by atoms with van der Waals surface area (Å²) in [5.41, 5.74) is 4.85. The van der Waals surface area contributed by atoms with Crippen molar-refractivity contribution in [3.63, 3.8) is 0 Å². The van der Waals surface area contributed by atoms with Crippen LogP contribution in [0.4, 0.5) is 4.79 Å². The highest BCUT2D eigenvalue weighted by atomic mass is 32.2. The maximum atomic E-state index is 11.5. The van der Waals surface area contributed by atoms with Crippen molar-refractivity contribution in [2.75, 3.05) is 11.5 Å². The van der Waals surface area contributed by atoms with Crippen LogP contribution in [0.3, 0.4) is 0 Å². The molecule has 5 N–H and O–H groups in total. The topological polar surface area (TPSA) is 156 Å². The van der Waals surface area contributed by atoms with Crippen LogP contribution in [0.2, 0.25) is 0 Å². The first-order valence-electron chi connectivity index (χ1n) is 5.48. The number of urea groups is 1. The number of nitrogens with one attached hydrogen (secondary N) is 2. The number of sulfone groups is 1. The van der Waals surface area contributed by atoms with Crippen molar-refractivity contribution in [3.8, 4) is 0 Å². The van der Waals surface area contributed by atoms with Crippen LogP contribution >= 0.6 is 0 Å². The van der Waals surface area contributed by atoms with E-state index in [2.05, 4.69) is 10.6 Å². The van der Waals surface area contributed by atoms with Gasteiger partial charge in [0.2, 0.25) is 5.91 Å². The van der Waals surface area contributed by atoms with Gasteiger partial charge < -0.3 is 21.5 Å². The van der Waals surface area contributed by atoms with E-state index in [9.17, 15) is 22.8 Å². The van der Waals surface area contributed by atoms with Gasteiger partial charge in [0.15, 0.2) is 9.84 Å². The van der Waals surface area contributed by atoms with Gasteiger partial charge in [-0.3, -0.25) is 4.79 Å². The predicted octanol–water partition coefficient (Wildman–Crippen LogP) is -2.20. The average molecular weight is 293 g/mol. The molecule has 0 aliphatic carbocycles. The molecule has 0 spiro atoms. The molecule has 1 heterocycles. The Morgan fingerprint density at radius 2 is 2.00 bits per heavy atom. The van der Waals surface area contributed by atoms with E-state index < -0.39 is 46.2 Å². The Hall–Kier alpha value is -1.84. The van der Waals surface area contributed by atoms with E-state index in [0.29, 0.717) is 0 Å². The van der Waals surface area contributed by atoms with Gasteiger partial charge in [-0.1, -0.05) is 0 Å². The monoisotopic (exact) mass is 293 g/mol. The average Bonchev–Trinajstić information content (AvgIpc) is 2.56. The van der Waals surface area contributed by atoms with Crippen LogP contribution in [0, 0.1) is 0 Å². The van der Waals surface area contributed by atoms with E-state index in [1.165, 1.54) is 0 Å². The molecule has 2 atom stereocenters. The molecule has 0 bridgehead atoms. The molecule has 1 aliphatic heterocycles. The number of carboxylic acid groups (broad SMARTS) is 1. The number of carbonyl (C=O) groups is 3. The summed E-state index contributed by atoms with van der Waals surface area (Å²) < 4.78 is 22.3. The fraction of sp³-hybridized carbons (Fsp3) is 0.667. The lowest BCUT2D eigenvalue weighted by molar-refractivity contribution is -0.140. The molecule has 1 saturated heterocycles. The van der Waals surface area contributed by atoms with E-state index in [1.807, 2.05) is 0 Å². The number of hydrogen-bond acceptors (Lipinski definition) is 5. The second-order valence-corrected chi connectivity index (χ2v) is 6.51. The normalized spacial score (nSPS) is 22.4. The first kappa shape index (κ1) is 15.2. The molecule has 0 radical (unpaired) electrons. The third kappa shape index (κ3) is 5.12. The number of rotatable bonds is 5. The fourth-order valence-electron chi connectivity index (χ4n) is 1.70. The van der Waals surface area contributed by atoms with Gasteiger partial charge in [-0.2, -0.15) is 0 Å². The minimum absolute atomic E-state index is 0.0123. The zero-order valence-corrected chi connectivity index (χ0v) is 10.8. The number of carbonyl (C=O) groups excluding carboxylic acids is 2. The van der Waals surface area contributed by atoms with Crippen LogP contribution in [0.1, 0.15) is 12.8 Å². The number of nitrogens with two attached hydrogens (primary N) is 1. The number of amides is 3. The van der Waals surface area contributed by atoms with Gasteiger partial charge in [-0.15, -0.1) is 0 Å². The summed E-state index contributed by atoms with van der Waals surface area (Å²) in [6.07, 6.45) is -0.255. The highest BCUT2D eigenvalue weighted by Crippen LogP contribution is 2.10. The van der Waals surface area contributed by atoms with Crippen LogP contribution in [0.15, 0.2) is 0 Å². The number of carboxylic acids is 1. The van der Waals surface area contributed by atoms with Crippen LogP contribution in [-0.4, -0.2) is 55.0 Å². The maximum absolute atomic E-state index is 11.5. The SMILES string of the molecule is NC(=O)CC(NC(=O)NC1CCS(=O)(=O)C1)C(=O)O. The van der Waals surface area contributed by atoms with Crippen LogP contribution in [0.5, 0.6) is 0 Å². The third-order valence-electron chi connectivity index (χ3n) is 2.58. The molecule has 19 heavy (non-hydrogen) atoms. The highest BCUT2D eigenvalue weighted by molar-refractivity contribution is 7.91. The highest BCUT2D eigenvalue weighted by Gasteiger charge is 2.30. The molecule has 1 fully saturated rings. The lowest BCUT2D eigenvalue weighted by atomic mass is 10.2. The molecule has 2 unspecified atom stereocenters. The van der Waals surface area contributed by atoms with Gasteiger partial charge in [-0.25, -0.2) is 18.0 Å². The Balaban J connectivity index is 2.49. The molecule has 9 nitrogen and oxygen atoms in total. The first-order valence-corrected chi connectivity index (χ1v) is 7.30. The summed E-state index contributed by atoms with van der Waals surface area (Å²) >= 11 is 0. The minimum atomic E-state index is -3.14. The van der Waals surface area contributed by atoms with Crippen LogP contribution < -0.4 is 16.4 Å². The number of aliphatic carboxylic acids is 1. The van der Waals surface area contributed by atoms with Crippen molar-refractivity contribution in [1.29, 1.82) is 0 Å². The molecule has 1 aliphatic rings. The zero-order chi connectivity index (χ0) is 14.6. The molecule has 0 aromatic rings. The summed E-state index contributed by atoms with van der Waals surface area (Å²) in [5.74, 6) is -2.45.